The van der Waals surface area contributed by atoms with Gasteiger partial charge in [-0.25, -0.2) is 17.9 Å². The summed E-state index contributed by atoms with van der Waals surface area (Å²) in [6, 6.07) is 2.86. The third kappa shape index (κ3) is 4.52. The second-order valence-corrected chi connectivity index (χ2v) is 8.75. The fourth-order valence-electron chi connectivity index (χ4n) is 4.45. The highest BCUT2D eigenvalue weighted by Gasteiger charge is 2.31. The molecule has 1 atom stereocenters. The van der Waals surface area contributed by atoms with E-state index in [1.54, 1.807) is 13.1 Å². The van der Waals surface area contributed by atoms with Crippen LogP contribution in [0.4, 0.5) is 19.0 Å². The first kappa shape index (κ1) is 24.8. The van der Waals surface area contributed by atoms with Crippen LogP contribution >= 0.6 is 0 Å². The maximum absolute atomic E-state index is 15.0. The smallest absolute Gasteiger partial charge is 0.294 e. The fraction of sp³-hybridized carbons (Fsp3) is 0.458. The van der Waals surface area contributed by atoms with Crippen molar-refractivity contribution in [1.82, 2.24) is 14.3 Å². The molecule has 3 aromatic rings. The first-order valence-corrected chi connectivity index (χ1v) is 11.3. The molecule has 3 heterocycles. The Morgan fingerprint density at radius 2 is 1.91 bits per heavy atom. The number of ether oxygens (including phenoxy) is 2. The largest absolute Gasteiger partial charge is 0.490 e. The minimum absolute atomic E-state index is 0.0116. The van der Waals surface area contributed by atoms with Gasteiger partial charge in [0.05, 0.1) is 24.1 Å². The SMILES string of the molecule is COc1c(=O)n(C2CCOCC2)cc2c(N[C@H](C)c3cccc(C(C)(F)F)c3F)nn(C)c(=O)c12. The molecule has 0 spiro atoms. The minimum atomic E-state index is -3.35. The lowest BCUT2D eigenvalue weighted by molar-refractivity contribution is 0.0136. The lowest BCUT2D eigenvalue weighted by Crippen LogP contribution is -2.32. The number of fused-ring (bicyclic) bond motifs is 1. The first-order valence-electron chi connectivity index (χ1n) is 11.3. The summed E-state index contributed by atoms with van der Waals surface area (Å²) in [5.41, 5.74) is -1.68. The van der Waals surface area contributed by atoms with Crippen molar-refractivity contribution in [2.45, 2.75) is 44.7 Å². The van der Waals surface area contributed by atoms with Gasteiger partial charge in [0.2, 0.25) is 0 Å². The normalized spacial score (nSPS) is 15.9. The number of methoxy groups -OCH3 is 1. The molecule has 8 nitrogen and oxygen atoms in total. The molecule has 1 saturated heterocycles. The molecule has 0 amide bonds. The third-order valence-electron chi connectivity index (χ3n) is 6.32. The van der Waals surface area contributed by atoms with Gasteiger partial charge in [0, 0.05) is 45.0 Å². The lowest BCUT2D eigenvalue weighted by Gasteiger charge is -2.26. The molecule has 4 rings (SSSR count). The third-order valence-corrected chi connectivity index (χ3v) is 6.32. The molecular weight excluding hydrogens is 465 g/mol. The predicted molar refractivity (Wildman–Crippen MR) is 125 cm³/mol. The molecule has 0 bridgehead atoms. The van der Waals surface area contributed by atoms with Crippen LogP contribution in [0.2, 0.25) is 0 Å². The molecule has 0 saturated carbocycles. The van der Waals surface area contributed by atoms with Gasteiger partial charge in [-0.1, -0.05) is 18.2 Å². The van der Waals surface area contributed by atoms with Crippen molar-refractivity contribution in [3.8, 4) is 5.75 Å². The summed E-state index contributed by atoms with van der Waals surface area (Å²) in [7, 11) is 2.73. The summed E-state index contributed by atoms with van der Waals surface area (Å²) >= 11 is 0. The van der Waals surface area contributed by atoms with Gasteiger partial charge in [-0.05, 0) is 19.8 Å². The van der Waals surface area contributed by atoms with Crippen molar-refractivity contribution in [3.63, 3.8) is 0 Å². The zero-order valence-electron chi connectivity index (χ0n) is 19.9. The summed E-state index contributed by atoms with van der Waals surface area (Å²) in [6.07, 6.45) is 2.76. The van der Waals surface area contributed by atoms with Crippen LogP contribution in [0.3, 0.4) is 0 Å². The summed E-state index contributed by atoms with van der Waals surface area (Å²) in [6.45, 7) is 3.22. The van der Waals surface area contributed by atoms with Gasteiger partial charge in [0.15, 0.2) is 11.6 Å². The lowest BCUT2D eigenvalue weighted by atomic mass is 10.0. The first-order chi connectivity index (χ1) is 16.5. The summed E-state index contributed by atoms with van der Waals surface area (Å²) in [5.74, 6) is -4.31. The van der Waals surface area contributed by atoms with Crippen LogP contribution in [0.5, 0.6) is 5.75 Å². The number of aryl methyl sites for hydroxylation is 1. The van der Waals surface area contributed by atoms with E-state index < -0.39 is 34.5 Å². The van der Waals surface area contributed by atoms with E-state index in [0.29, 0.717) is 38.4 Å². The Kier molecular flexibility index (Phi) is 6.63. The highest BCUT2D eigenvalue weighted by Crippen LogP contribution is 2.34. The Bertz CT molecular complexity index is 1370. The number of alkyl halides is 2. The van der Waals surface area contributed by atoms with Gasteiger partial charge in [-0.2, -0.15) is 5.10 Å². The van der Waals surface area contributed by atoms with Gasteiger partial charge in [-0.3, -0.25) is 9.59 Å². The van der Waals surface area contributed by atoms with E-state index in [9.17, 15) is 22.8 Å². The molecule has 1 N–H and O–H groups in total. The molecule has 35 heavy (non-hydrogen) atoms. The van der Waals surface area contributed by atoms with Crippen molar-refractivity contribution in [1.29, 1.82) is 0 Å². The van der Waals surface area contributed by atoms with Crippen LogP contribution in [0.1, 0.15) is 49.9 Å². The summed E-state index contributed by atoms with van der Waals surface area (Å²) in [5, 5.41) is 7.66. The number of halogens is 3. The standard InChI is InChI=1S/C24H27F3N4O4/c1-13(15-6-5-7-17(19(15)25)24(2,26)27)28-21-16-12-31(14-8-10-35-11-9-14)23(33)20(34-4)18(16)22(32)30(3)29-21/h5-7,12-14H,8-11H2,1-4H3,(H,28,29)/t13-/m1/s1. The number of aromatic nitrogens is 3. The Balaban J connectivity index is 1.87. The Labute approximate surface area is 199 Å². The molecule has 0 unspecified atom stereocenters. The van der Waals surface area contributed by atoms with Gasteiger partial charge in [-0.15, -0.1) is 0 Å². The topological polar surface area (TPSA) is 87.4 Å². The maximum Gasteiger partial charge on any atom is 0.294 e. The van der Waals surface area contributed by atoms with E-state index in [4.69, 9.17) is 9.47 Å². The van der Waals surface area contributed by atoms with E-state index in [0.717, 1.165) is 10.7 Å². The zero-order valence-corrected chi connectivity index (χ0v) is 19.9. The number of hydrogen-bond donors (Lipinski definition) is 1. The van der Waals surface area contributed by atoms with E-state index in [1.807, 2.05) is 0 Å². The van der Waals surface area contributed by atoms with Crippen LogP contribution in [0, 0.1) is 5.82 Å². The van der Waals surface area contributed by atoms with Gasteiger partial charge in [0.1, 0.15) is 11.2 Å². The minimum Gasteiger partial charge on any atom is -0.490 e. The van der Waals surface area contributed by atoms with Crippen LogP contribution in [0.25, 0.3) is 10.8 Å². The van der Waals surface area contributed by atoms with Crippen molar-refractivity contribution < 1.29 is 22.6 Å². The maximum atomic E-state index is 15.0. The average Bonchev–Trinajstić information content (AvgIpc) is 2.81. The highest BCUT2D eigenvalue weighted by atomic mass is 19.3. The van der Waals surface area contributed by atoms with Crippen molar-refractivity contribution in [2.24, 2.45) is 7.05 Å². The number of nitrogens with zero attached hydrogens (tertiary/aromatic N) is 3. The van der Waals surface area contributed by atoms with Gasteiger partial charge < -0.3 is 19.4 Å². The molecule has 1 fully saturated rings. The summed E-state index contributed by atoms with van der Waals surface area (Å²) in [4.78, 5) is 26.1. The summed E-state index contributed by atoms with van der Waals surface area (Å²) < 4.78 is 56.0. The Hall–Kier alpha value is -3.34. The molecule has 1 aromatic carbocycles. The van der Waals surface area contributed by atoms with E-state index in [2.05, 4.69) is 10.4 Å². The zero-order chi connectivity index (χ0) is 25.5. The van der Waals surface area contributed by atoms with Gasteiger partial charge >= 0.3 is 0 Å². The Morgan fingerprint density at radius 1 is 1.23 bits per heavy atom. The van der Waals surface area contributed by atoms with E-state index in [1.165, 1.54) is 30.9 Å². The second kappa shape index (κ2) is 9.37. The second-order valence-electron chi connectivity index (χ2n) is 8.75. The number of pyridine rings is 1. The van der Waals surface area contributed by atoms with Crippen LogP contribution < -0.4 is 21.2 Å². The average molecular weight is 492 g/mol. The monoisotopic (exact) mass is 492 g/mol. The number of anilines is 1. The van der Waals surface area contributed by atoms with Crippen LogP contribution in [-0.4, -0.2) is 34.7 Å². The number of nitrogens with one attached hydrogen (secondary N) is 1. The van der Waals surface area contributed by atoms with Gasteiger partial charge in [0.25, 0.3) is 17.0 Å². The molecule has 1 aliphatic heterocycles. The molecular formula is C24H27F3N4O4. The van der Waals surface area contributed by atoms with Crippen LogP contribution in [-0.2, 0) is 17.7 Å². The molecule has 1 aliphatic rings. The number of rotatable bonds is 6. The van der Waals surface area contributed by atoms with E-state index >= 15 is 0 Å². The van der Waals surface area contributed by atoms with Crippen molar-refractivity contribution in [2.75, 3.05) is 25.6 Å². The fourth-order valence-corrected chi connectivity index (χ4v) is 4.45. The van der Waals surface area contributed by atoms with E-state index in [-0.39, 0.29) is 28.6 Å². The molecule has 2 aromatic heterocycles. The molecule has 0 aliphatic carbocycles. The predicted octanol–water partition coefficient (Wildman–Crippen LogP) is 3.88. The quantitative estimate of drug-likeness (QED) is 0.562. The van der Waals surface area contributed by atoms with Crippen molar-refractivity contribution in [3.05, 3.63) is 62.0 Å². The van der Waals surface area contributed by atoms with Crippen LogP contribution in [0.15, 0.2) is 34.0 Å². The molecule has 0 radical (unpaired) electrons. The van der Waals surface area contributed by atoms with Crippen molar-refractivity contribution >= 4 is 16.6 Å². The number of benzene rings is 1. The molecule has 11 heteroatoms. The molecule has 188 valence electrons. The highest BCUT2D eigenvalue weighted by molar-refractivity contribution is 5.94. The number of hydrogen-bond acceptors (Lipinski definition) is 6. The Morgan fingerprint density at radius 3 is 2.54 bits per heavy atom.